The molecule has 52 heavy (non-hydrogen) atoms. The van der Waals surface area contributed by atoms with Crippen LogP contribution in [0.15, 0.2) is 0 Å². The molecule has 0 aromatic rings. The molecule has 2 amide bonds. The molecule has 0 bridgehead atoms. The van der Waals surface area contributed by atoms with E-state index in [9.17, 15) is 9.59 Å². The Balaban J connectivity index is 1.80. The number of hydrogen-bond acceptors (Lipinski definition) is 4. The van der Waals surface area contributed by atoms with E-state index in [-0.39, 0.29) is 11.8 Å². The number of rotatable bonds is 40. The molecule has 0 aliphatic carbocycles. The van der Waals surface area contributed by atoms with E-state index in [0.29, 0.717) is 12.8 Å². The van der Waals surface area contributed by atoms with Gasteiger partial charge in [-0.1, -0.05) is 194 Å². The Kier molecular flexibility index (Phi) is 37.2. The predicted molar refractivity (Wildman–Crippen MR) is 227 cm³/mol. The lowest BCUT2D eigenvalue weighted by Gasteiger charge is -2.34. The third-order valence-corrected chi connectivity index (χ3v) is 11.4. The summed E-state index contributed by atoms with van der Waals surface area (Å²) in [5.41, 5.74) is 0. The van der Waals surface area contributed by atoms with Crippen molar-refractivity contribution >= 4 is 11.8 Å². The molecule has 6 nitrogen and oxygen atoms in total. The van der Waals surface area contributed by atoms with Crippen molar-refractivity contribution in [2.75, 3.05) is 52.4 Å². The lowest BCUT2D eigenvalue weighted by atomic mass is 10.0. The molecule has 0 aromatic carbocycles. The van der Waals surface area contributed by atoms with E-state index < -0.39 is 0 Å². The van der Waals surface area contributed by atoms with Crippen molar-refractivity contribution < 1.29 is 9.59 Å². The molecule has 1 fully saturated rings. The molecular weight excluding hydrogens is 641 g/mol. The zero-order valence-electron chi connectivity index (χ0n) is 35.4. The Bertz CT molecular complexity index is 693. The molecule has 0 radical (unpaired) electrons. The summed E-state index contributed by atoms with van der Waals surface area (Å²) < 4.78 is 0. The van der Waals surface area contributed by atoms with Gasteiger partial charge < -0.3 is 20.4 Å². The summed E-state index contributed by atoms with van der Waals surface area (Å²) in [6.45, 7) is 12.8. The normalized spacial score (nSPS) is 13.9. The van der Waals surface area contributed by atoms with Gasteiger partial charge in [0.15, 0.2) is 0 Å². The topological polar surface area (TPSA) is 64.7 Å². The van der Waals surface area contributed by atoms with Gasteiger partial charge in [-0.15, -0.1) is 0 Å². The molecular formula is C46H92N4O2. The van der Waals surface area contributed by atoms with E-state index in [2.05, 4.69) is 34.3 Å². The number of piperazine rings is 1. The Morgan fingerprint density at radius 1 is 0.346 bits per heavy atom. The SMILES string of the molecule is CCCCCCCCCCCCCCCCCC(=O)NCCCN1CCN(CCCNC(=O)CCCCCCCCCCCCCCCCC)CC1. The van der Waals surface area contributed by atoms with Crippen molar-refractivity contribution in [3.63, 3.8) is 0 Å². The predicted octanol–water partition coefficient (Wildman–Crippen LogP) is 12.1. The Labute approximate surface area is 325 Å². The van der Waals surface area contributed by atoms with Gasteiger partial charge in [0.2, 0.25) is 11.8 Å². The number of carbonyl (C=O) groups is 2. The molecule has 6 heteroatoms. The first-order valence-corrected chi connectivity index (χ1v) is 23.6. The largest absolute Gasteiger partial charge is 0.356 e. The number of carbonyl (C=O) groups excluding carboxylic acids is 2. The standard InChI is InChI=1S/C46H92N4O2/c1-3-5-7-9-11-13-15-17-19-21-23-25-27-29-31-35-45(51)47-37-33-39-49-41-43-50(44-42-49)40-34-38-48-46(52)36-32-30-28-26-24-22-20-18-16-14-12-10-8-6-4-2/h3-44H2,1-2H3,(H,47,51)(H,48,52). The maximum atomic E-state index is 12.2. The van der Waals surface area contributed by atoms with Crippen molar-refractivity contribution in [3.05, 3.63) is 0 Å². The highest BCUT2D eigenvalue weighted by Crippen LogP contribution is 2.15. The lowest BCUT2D eigenvalue weighted by Crippen LogP contribution is -2.47. The van der Waals surface area contributed by atoms with Crippen LogP contribution in [0.2, 0.25) is 0 Å². The molecule has 1 aliphatic rings. The lowest BCUT2D eigenvalue weighted by molar-refractivity contribution is -0.122. The van der Waals surface area contributed by atoms with Crippen molar-refractivity contribution in [1.82, 2.24) is 20.4 Å². The van der Waals surface area contributed by atoms with E-state index in [1.807, 2.05) is 0 Å². The van der Waals surface area contributed by atoms with E-state index in [1.54, 1.807) is 0 Å². The fourth-order valence-electron chi connectivity index (χ4n) is 7.79. The second kappa shape index (κ2) is 39.6. The molecule has 1 aliphatic heterocycles. The summed E-state index contributed by atoms with van der Waals surface area (Å²) in [6.07, 6.45) is 44.2. The van der Waals surface area contributed by atoms with Gasteiger partial charge in [0.1, 0.15) is 0 Å². The van der Waals surface area contributed by atoms with E-state index in [1.165, 1.54) is 180 Å². The summed E-state index contributed by atoms with van der Waals surface area (Å²) >= 11 is 0. The third kappa shape index (κ3) is 34.6. The quantitative estimate of drug-likeness (QED) is 0.0616. The molecule has 0 atom stereocenters. The average molecular weight is 733 g/mol. The minimum absolute atomic E-state index is 0.237. The van der Waals surface area contributed by atoms with Crippen LogP contribution >= 0.6 is 0 Å². The first-order chi connectivity index (χ1) is 25.7. The van der Waals surface area contributed by atoms with Crippen LogP contribution in [0, 0.1) is 0 Å². The van der Waals surface area contributed by atoms with Gasteiger partial charge in [0, 0.05) is 52.1 Å². The average Bonchev–Trinajstić information content (AvgIpc) is 3.15. The van der Waals surface area contributed by atoms with Crippen molar-refractivity contribution in [1.29, 1.82) is 0 Å². The van der Waals surface area contributed by atoms with Gasteiger partial charge in [0.05, 0.1) is 0 Å². The minimum Gasteiger partial charge on any atom is -0.356 e. The molecule has 0 unspecified atom stereocenters. The zero-order valence-corrected chi connectivity index (χ0v) is 35.4. The van der Waals surface area contributed by atoms with Gasteiger partial charge >= 0.3 is 0 Å². The third-order valence-electron chi connectivity index (χ3n) is 11.4. The molecule has 0 spiro atoms. The summed E-state index contributed by atoms with van der Waals surface area (Å²) in [4.78, 5) is 29.6. The van der Waals surface area contributed by atoms with Crippen LogP contribution in [-0.4, -0.2) is 74.0 Å². The molecule has 1 saturated heterocycles. The highest BCUT2D eigenvalue weighted by atomic mass is 16.2. The molecule has 1 heterocycles. The summed E-state index contributed by atoms with van der Waals surface area (Å²) in [6, 6.07) is 0. The maximum Gasteiger partial charge on any atom is 0.219 e. The Morgan fingerprint density at radius 2 is 0.577 bits per heavy atom. The van der Waals surface area contributed by atoms with Crippen molar-refractivity contribution in [2.24, 2.45) is 0 Å². The van der Waals surface area contributed by atoms with E-state index in [4.69, 9.17) is 0 Å². The second-order valence-electron chi connectivity index (χ2n) is 16.5. The molecule has 0 aromatic heterocycles. The molecule has 1 rings (SSSR count). The number of hydrogen-bond donors (Lipinski definition) is 2. The second-order valence-corrected chi connectivity index (χ2v) is 16.5. The first-order valence-electron chi connectivity index (χ1n) is 23.6. The van der Waals surface area contributed by atoms with E-state index in [0.717, 1.165) is 78.0 Å². The zero-order chi connectivity index (χ0) is 37.4. The Morgan fingerprint density at radius 3 is 0.827 bits per heavy atom. The van der Waals surface area contributed by atoms with Gasteiger partial charge in [0.25, 0.3) is 0 Å². The van der Waals surface area contributed by atoms with Crippen LogP contribution in [0.25, 0.3) is 0 Å². The van der Waals surface area contributed by atoms with Gasteiger partial charge in [-0.25, -0.2) is 0 Å². The minimum atomic E-state index is 0.237. The van der Waals surface area contributed by atoms with Crippen LogP contribution in [0.1, 0.15) is 232 Å². The summed E-state index contributed by atoms with van der Waals surface area (Å²) in [5.74, 6) is 0.475. The van der Waals surface area contributed by atoms with Gasteiger partial charge in [-0.2, -0.15) is 0 Å². The summed E-state index contributed by atoms with van der Waals surface area (Å²) in [7, 11) is 0. The fourth-order valence-corrected chi connectivity index (χ4v) is 7.79. The van der Waals surface area contributed by atoms with Gasteiger partial charge in [-0.3, -0.25) is 9.59 Å². The van der Waals surface area contributed by atoms with Crippen molar-refractivity contribution in [3.8, 4) is 0 Å². The molecule has 308 valence electrons. The van der Waals surface area contributed by atoms with Gasteiger partial charge in [-0.05, 0) is 38.8 Å². The molecule has 2 N–H and O–H groups in total. The number of nitrogens with zero attached hydrogens (tertiary/aromatic N) is 2. The number of amides is 2. The maximum absolute atomic E-state index is 12.2. The number of nitrogens with one attached hydrogen (secondary N) is 2. The van der Waals surface area contributed by atoms with Crippen LogP contribution in [0.4, 0.5) is 0 Å². The number of unbranched alkanes of at least 4 members (excludes halogenated alkanes) is 28. The van der Waals surface area contributed by atoms with E-state index >= 15 is 0 Å². The monoisotopic (exact) mass is 733 g/mol. The highest BCUT2D eigenvalue weighted by Gasteiger charge is 2.16. The smallest absolute Gasteiger partial charge is 0.219 e. The molecule has 0 saturated carbocycles. The fraction of sp³-hybridized carbons (Fsp3) is 0.957. The van der Waals surface area contributed by atoms with Crippen LogP contribution in [0.3, 0.4) is 0 Å². The highest BCUT2D eigenvalue weighted by molar-refractivity contribution is 5.76. The van der Waals surface area contributed by atoms with Crippen LogP contribution in [0.5, 0.6) is 0 Å². The first kappa shape index (κ1) is 48.9. The van der Waals surface area contributed by atoms with Crippen molar-refractivity contribution in [2.45, 2.75) is 232 Å². The Hall–Kier alpha value is -1.14. The van der Waals surface area contributed by atoms with Crippen LogP contribution in [-0.2, 0) is 9.59 Å². The summed E-state index contributed by atoms with van der Waals surface area (Å²) in [5, 5.41) is 6.30. The van der Waals surface area contributed by atoms with Crippen LogP contribution < -0.4 is 10.6 Å².